The van der Waals surface area contributed by atoms with Gasteiger partial charge in [0.25, 0.3) is 0 Å². The molecule has 1 aliphatic heterocycles. The van der Waals surface area contributed by atoms with Gasteiger partial charge in [-0.2, -0.15) is 0 Å². The van der Waals surface area contributed by atoms with E-state index in [1.807, 2.05) is 6.20 Å². The van der Waals surface area contributed by atoms with Gasteiger partial charge in [0.1, 0.15) is 0 Å². The van der Waals surface area contributed by atoms with Crippen molar-refractivity contribution in [1.82, 2.24) is 10.3 Å². The predicted octanol–water partition coefficient (Wildman–Crippen LogP) is 2.63. The summed E-state index contributed by atoms with van der Waals surface area (Å²) in [5, 5.41) is 4.76. The minimum absolute atomic E-state index is 0.730. The van der Waals surface area contributed by atoms with Crippen molar-refractivity contribution >= 4 is 10.9 Å². The Morgan fingerprint density at radius 3 is 2.80 bits per heavy atom. The van der Waals surface area contributed by atoms with Crippen LogP contribution in [0, 0.1) is 0 Å². The van der Waals surface area contributed by atoms with Gasteiger partial charge in [0.2, 0.25) is 0 Å². The Labute approximate surface area is 89.7 Å². The van der Waals surface area contributed by atoms with Gasteiger partial charge in [-0.25, -0.2) is 0 Å². The van der Waals surface area contributed by atoms with Crippen molar-refractivity contribution in [2.45, 2.75) is 18.8 Å². The van der Waals surface area contributed by atoms with Crippen LogP contribution < -0.4 is 5.32 Å². The second-order valence-corrected chi connectivity index (χ2v) is 4.31. The number of nitrogens with one attached hydrogen (secondary N) is 2. The van der Waals surface area contributed by atoms with Crippen LogP contribution in [0.4, 0.5) is 0 Å². The molecule has 0 atom stereocenters. The highest BCUT2D eigenvalue weighted by Gasteiger charge is 2.17. The predicted molar refractivity (Wildman–Crippen MR) is 63.1 cm³/mol. The Morgan fingerprint density at radius 1 is 1.07 bits per heavy atom. The highest BCUT2D eigenvalue weighted by atomic mass is 14.9. The summed E-state index contributed by atoms with van der Waals surface area (Å²) in [4.78, 5) is 3.37. The summed E-state index contributed by atoms with van der Waals surface area (Å²) in [6.07, 6.45) is 4.56. The first-order chi connectivity index (χ1) is 7.45. The van der Waals surface area contributed by atoms with Gasteiger partial charge in [0, 0.05) is 11.7 Å². The molecule has 0 spiro atoms. The zero-order chi connectivity index (χ0) is 10.1. The highest BCUT2D eigenvalue weighted by Crippen LogP contribution is 2.30. The Bertz CT molecular complexity index is 452. The Kier molecular flexibility index (Phi) is 2.22. The van der Waals surface area contributed by atoms with Crippen molar-refractivity contribution in [2.24, 2.45) is 0 Å². The summed E-state index contributed by atoms with van der Waals surface area (Å²) < 4.78 is 0. The first kappa shape index (κ1) is 8.98. The molecule has 1 aliphatic rings. The van der Waals surface area contributed by atoms with Gasteiger partial charge in [-0.3, -0.25) is 0 Å². The van der Waals surface area contributed by atoms with Gasteiger partial charge >= 0.3 is 0 Å². The van der Waals surface area contributed by atoms with E-state index in [0.29, 0.717) is 0 Å². The van der Waals surface area contributed by atoms with Crippen LogP contribution in [0.25, 0.3) is 10.9 Å². The van der Waals surface area contributed by atoms with Gasteiger partial charge in [-0.15, -0.1) is 0 Å². The third kappa shape index (κ3) is 1.55. The lowest BCUT2D eigenvalue weighted by molar-refractivity contribution is 0.462. The number of hydrogen-bond donors (Lipinski definition) is 2. The number of H-pyrrole nitrogens is 1. The number of aromatic nitrogens is 1. The Hall–Kier alpha value is -1.28. The van der Waals surface area contributed by atoms with E-state index in [9.17, 15) is 0 Å². The fraction of sp³-hybridized carbons (Fsp3) is 0.385. The monoisotopic (exact) mass is 200 g/mol. The SMILES string of the molecule is c1cc(C2CCNCC2)c2[nH]ccc2c1. The minimum Gasteiger partial charge on any atom is -0.361 e. The fourth-order valence-electron chi connectivity index (χ4n) is 2.58. The lowest BCUT2D eigenvalue weighted by atomic mass is 9.89. The molecule has 0 amide bonds. The summed E-state index contributed by atoms with van der Waals surface area (Å²) in [7, 11) is 0. The van der Waals surface area contributed by atoms with E-state index in [2.05, 4.69) is 34.6 Å². The van der Waals surface area contributed by atoms with Crippen molar-refractivity contribution in [3.05, 3.63) is 36.0 Å². The molecule has 1 fully saturated rings. The Morgan fingerprint density at radius 2 is 1.93 bits per heavy atom. The molecule has 0 bridgehead atoms. The average Bonchev–Trinajstić information content (AvgIpc) is 2.78. The summed E-state index contributed by atoms with van der Waals surface area (Å²) >= 11 is 0. The number of fused-ring (bicyclic) bond motifs is 1. The van der Waals surface area contributed by atoms with E-state index in [1.54, 1.807) is 0 Å². The maximum absolute atomic E-state index is 3.42. The number of benzene rings is 1. The molecule has 3 rings (SSSR count). The largest absolute Gasteiger partial charge is 0.361 e. The molecular formula is C13H16N2. The van der Waals surface area contributed by atoms with Gasteiger partial charge in [0.15, 0.2) is 0 Å². The van der Waals surface area contributed by atoms with Crippen molar-refractivity contribution in [3.63, 3.8) is 0 Å². The molecule has 0 aliphatic carbocycles. The molecule has 78 valence electrons. The average molecular weight is 200 g/mol. The first-order valence-electron chi connectivity index (χ1n) is 5.72. The van der Waals surface area contributed by atoms with Crippen LogP contribution in [-0.2, 0) is 0 Å². The normalized spacial score (nSPS) is 18.4. The van der Waals surface area contributed by atoms with E-state index in [-0.39, 0.29) is 0 Å². The van der Waals surface area contributed by atoms with Crippen LogP contribution in [0.2, 0.25) is 0 Å². The number of piperidine rings is 1. The second-order valence-electron chi connectivity index (χ2n) is 4.31. The van der Waals surface area contributed by atoms with Gasteiger partial charge in [-0.05, 0) is 48.9 Å². The van der Waals surface area contributed by atoms with E-state index >= 15 is 0 Å². The molecule has 0 radical (unpaired) electrons. The summed E-state index contributed by atoms with van der Waals surface area (Å²) in [6.45, 7) is 2.31. The number of para-hydroxylation sites is 1. The molecule has 15 heavy (non-hydrogen) atoms. The van der Waals surface area contributed by atoms with E-state index < -0.39 is 0 Å². The lowest BCUT2D eigenvalue weighted by Gasteiger charge is -2.23. The zero-order valence-corrected chi connectivity index (χ0v) is 8.79. The van der Waals surface area contributed by atoms with Gasteiger partial charge in [-0.1, -0.05) is 18.2 Å². The number of hydrogen-bond acceptors (Lipinski definition) is 1. The van der Waals surface area contributed by atoms with Crippen LogP contribution in [0.1, 0.15) is 24.3 Å². The maximum Gasteiger partial charge on any atom is 0.0489 e. The van der Waals surface area contributed by atoms with Crippen molar-refractivity contribution in [1.29, 1.82) is 0 Å². The maximum atomic E-state index is 3.42. The van der Waals surface area contributed by atoms with Crippen LogP contribution in [0.5, 0.6) is 0 Å². The van der Waals surface area contributed by atoms with Crippen LogP contribution in [0.15, 0.2) is 30.5 Å². The molecule has 1 aromatic heterocycles. The zero-order valence-electron chi connectivity index (χ0n) is 8.79. The van der Waals surface area contributed by atoms with Crippen molar-refractivity contribution in [3.8, 4) is 0 Å². The minimum atomic E-state index is 0.730. The molecule has 1 aromatic carbocycles. The first-order valence-corrected chi connectivity index (χ1v) is 5.72. The van der Waals surface area contributed by atoms with Crippen LogP contribution >= 0.6 is 0 Å². The summed E-state index contributed by atoms with van der Waals surface area (Å²) in [6, 6.07) is 8.78. The molecule has 2 heterocycles. The Balaban J connectivity index is 2.05. The molecule has 2 aromatic rings. The highest BCUT2D eigenvalue weighted by molar-refractivity contribution is 5.83. The second kappa shape index (κ2) is 3.70. The van der Waals surface area contributed by atoms with Gasteiger partial charge < -0.3 is 10.3 Å². The number of rotatable bonds is 1. The topological polar surface area (TPSA) is 27.8 Å². The van der Waals surface area contributed by atoms with Crippen LogP contribution in [0.3, 0.4) is 0 Å². The molecule has 0 unspecified atom stereocenters. The molecule has 2 nitrogen and oxygen atoms in total. The molecular weight excluding hydrogens is 184 g/mol. The van der Waals surface area contributed by atoms with E-state index in [1.165, 1.54) is 29.3 Å². The van der Waals surface area contributed by atoms with E-state index in [0.717, 1.165) is 19.0 Å². The molecule has 2 N–H and O–H groups in total. The standard InChI is InChI=1S/C13H16N2/c1-2-11-6-9-15-13(11)12(3-1)10-4-7-14-8-5-10/h1-3,6,9-10,14-15H,4-5,7-8H2. The summed E-state index contributed by atoms with van der Waals surface area (Å²) in [5.41, 5.74) is 2.84. The molecule has 2 heteroatoms. The fourth-order valence-corrected chi connectivity index (χ4v) is 2.58. The third-order valence-electron chi connectivity index (χ3n) is 3.40. The number of aromatic amines is 1. The smallest absolute Gasteiger partial charge is 0.0489 e. The molecule has 1 saturated heterocycles. The third-order valence-corrected chi connectivity index (χ3v) is 3.40. The quantitative estimate of drug-likeness (QED) is 0.727. The van der Waals surface area contributed by atoms with Crippen molar-refractivity contribution in [2.75, 3.05) is 13.1 Å². The molecule has 0 saturated carbocycles. The van der Waals surface area contributed by atoms with Crippen molar-refractivity contribution < 1.29 is 0 Å². The van der Waals surface area contributed by atoms with Gasteiger partial charge in [0.05, 0.1) is 0 Å². The van der Waals surface area contributed by atoms with Crippen LogP contribution in [-0.4, -0.2) is 18.1 Å². The summed E-state index contributed by atoms with van der Waals surface area (Å²) in [5.74, 6) is 0.730. The lowest BCUT2D eigenvalue weighted by Crippen LogP contribution is -2.26. The van der Waals surface area contributed by atoms with E-state index in [4.69, 9.17) is 0 Å².